The van der Waals surface area contributed by atoms with E-state index in [1.165, 1.54) is 4.90 Å². The number of rotatable bonds is 6. The molecule has 0 aliphatic heterocycles. The van der Waals surface area contributed by atoms with Gasteiger partial charge in [0.05, 0.1) is 6.61 Å². The molecule has 0 aliphatic carbocycles. The van der Waals surface area contributed by atoms with Crippen molar-refractivity contribution < 1.29 is 18.7 Å². The summed E-state index contributed by atoms with van der Waals surface area (Å²) in [6.07, 6.45) is -0.177. The van der Waals surface area contributed by atoms with E-state index in [4.69, 9.17) is 9.15 Å². The van der Waals surface area contributed by atoms with Gasteiger partial charge in [0.25, 0.3) is 0 Å². The van der Waals surface area contributed by atoms with Crippen molar-refractivity contribution in [1.29, 1.82) is 0 Å². The van der Waals surface area contributed by atoms with Crippen LogP contribution in [0.3, 0.4) is 0 Å². The Labute approximate surface area is 123 Å². The van der Waals surface area contributed by atoms with E-state index in [1.54, 1.807) is 13.0 Å². The van der Waals surface area contributed by atoms with Crippen molar-refractivity contribution in [3.63, 3.8) is 0 Å². The van der Waals surface area contributed by atoms with Crippen LogP contribution in [0.25, 0.3) is 11.0 Å². The molecule has 0 saturated heterocycles. The van der Waals surface area contributed by atoms with E-state index < -0.39 is 6.09 Å². The number of carbonyl (C=O) groups excluding carboxylic acids is 2. The van der Waals surface area contributed by atoms with Crippen molar-refractivity contribution in [2.24, 2.45) is 0 Å². The summed E-state index contributed by atoms with van der Waals surface area (Å²) < 4.78 is 10.5. The minimum absolute atomic E-state index is 0.117. The van der Waals surface area contributed by atoms with Crippen molar-refractivity contribution in [1.82, 2.24) is 4.90 Å². The van der Waals surface area contributed by atoms with Gasteiger partial charge >= 0.3 is 6.09 Å². The van der Waals surface area contributed by atoms with Gasteiger partial charge in [-0.15, -0.1) is 0 Å². The summed E-state index contributed by atoms with van der Waals surface area (Å²) in [5.74, 6) is 0.213. The van der Waals surface area contributed by atoms with Crippen LogP contribution >= 0.6 is 0 Å². The van der Waals surface area contributed by atoms with Gasteiger partial charge in [0.1, 0.15) is 5.58 Å². The second-order valence-corrected chi connectivity index (χ2v) is 4.60. The molecule has 0 N–H and O–H groups in total. The van der Waals surface area contributed by atoms with Gasteiger partial charge in [0.15, 0.2) is 11.5 Å². The number of fused-ring (bicyclic) bond motifs is 1. The zero-order valence-electron chi connectivity index (χ0n) is 12.3. The molecule has 0 unspecified atom stereocenters. The molecule has 21 heavy (non-hydrogen) atoms. The second-order valence-electron chi connectivity index (χ2n) is 4.60. The molecular weight excluding hydrogens is 270 g/mol. The number of hydrogen-bond acceptors (Lipinski definition) is 4. The van der Waals surface area contributed by atoms with Gasteiger partial charge in [-0.05, 0) is 26.0 Å². The highest BCUT2D eigenvalue weighted by Crippen LogP contribution is 2.19. The minimum atomic E-state index is -0.391. The number of para-hydroxylation sites is 1. The lowest BCUT2D eigenvalue weighted by Crippen LogP contribution is -2.33. The Bertz CT molecular complexity index is 599. The maximum atomic E-state index is 12.1. The Balaban J connectivity index is 1.99. The van der Waals surface area contributed by atoms with E-state index >= 15 is 0 Å². The SMILES string of the molecule is CCOC(=O)N(CC)CCC(=O)c1cc2ccccc2o1. The monoisotopic (exact) mass is 289 g/mol. The third-order valence-corrected chi connectivity index (χ3v) is 3.22. The molecule has 1 amide bonds. The molecule has 0 saturated carbocycles. The number of nitrogens with zero attached hydrogens (tertiary/aromatic N) is 1. The zero-order valence-corrected chi connectivity index (χ0v) is 12.3. The molecule has 5 heteroatoms. The highest BCUT2D eigenvalue weighted by molar-refractivity contribution is 5.97. The molecule has 2 rings (SSSR count). The third kappa shape index (κ3) is 3.62. The first-order chi connectivity index (χ1) is 10.2. The van der Waals surface area contributed by atoms with Crippen molar-refractivity contribution in [2.45, 2.75) is 20.3 Å². The number of Topliss-reactive ketones (excluding diaryl/α,β-unsaturated/α-hetero) is 1. The molecule has 112 valence electrons. The lowest BCUT2D eigenvalue weighted by Gasteiger charge is -2.19. The van der Waals surface area contributed by atoms with Crippen molar-refractivity contribution in [2.75, 3.05) is 19.7 Å². The first kappa shape index (κ1) is 15.1. The largest absolute Gasteiger partial charge is 0.453 e. The van der Waals surface area contributed by atoms with Crippen LogP contribution in [0.5, 0.6) is 0 Å². The van der Waals surface area contributed by atoms with Crippen LogP contribution in [-0.4, -0.2) is 36.5 Å². The van der Waals surface area contributed by atoms with Crippen LogP contribution in [0.15, 0.2) is 34.7 Å². The van der Waals surface area contributed by atoms with Crippen LogP contribution < -0.4 is 0 Å². The van der Waals surface area contributed by atoms with E-state index in [1.807, 2.05) is 31.2 Å². The van der Waals surface area contributed by atoms with Crippen molar-refractivity contribution in [3.8, 4) is 0 Å². The summed E-state index contributed by atoms with van der Waals surface area (Å²) in [4.78, 5) is 25.3. The Morgan fingerprint density at radius 1 is 1.24 bits per heavy atom. The van der Waals surface area contributed by atoms with Crippen LogP contribution in [0.2, 0.25) is 0 Å². The number of amides is 1. The minimum Gasteiger partial charge on any atom is -0.453 e. The quantitative estimate of drug-likeness (QED) is 0.764. The molecule has 0 bridgehead atoms. The topological polar surface area (TPSA) is 59.8 Å². The van der Waals surface area contributed by atoms with Gasteiger partial charge in [-0.2, -0.15) is 0 Å². The first-order valence-corrected chi connectivity index (χ1v) is 7.09. The number of benzene rings is 1. The molecular formula is C16H19NO4. The Morgan fingerprint density at radius 2 is 2.00 bits per heavy atom. The molecule has 1 aromatic heterocycles. The summed E-state index contributed by atoms with van der Waals surface area (Å²) in [7, 11) is 0. The molecule has 0 aliphatic rings. The highest BCUT2D eigenvalue weighted by atomic mass is 16.6. The average molecular weight is 289 g/mol. The van der Waals surface area contributed by atoms with Crippen LogP contribution in [0, 0.1) is 0 Å². The maximum absolute atomic E-state index is 12.1. The summed E-state index contributed by atoms with van der Waals surface area (Å²) in [5.41, 5.74) is 0.693. The number of carbonyl (C=O) groups is 2. The average Bonchev–Trinajstić information content (AvgIpc) is 2.92. The van der Waals surface area contributed by atoms with E-state index in [2.05, 4.69) is 0 Å². The number of furan rings is 1. The fourth-order valence-electron chi connectivity index (χ4n) is 2.07. The Morgan fingerprint density at radius 3 is 2.67 bits per heavy atom. The lowest BCUT2D eigenvalue weighted by molar-refractivity contribution is 0.0909. The maximum Gasteiger partial charge on any atom is 0.409 e. The van der Waals surface area contributed by atoms with E-state index in [-0.39, 0.29) is 12.2 Å². The summed E-state index contributed by atoms with van der Waals surface area (Å²) in [6, 6.07) is 9.21. The predicted molar refractivity (Wildman–Crippen MR) is 79.4 cm³/mol. The molecule has 1 aromatic carbocycles. The Hall–Kier alpha value is -2.30. The first-order valence-electron chi connectivity index (χ1n) is 7.09. The fourth-order valence-corrected chi connectivity index (χ4v) is 2.07. The molecule has 0 spiro atoms. The summed E-state index contributed by atoms with van der Waals surface area (Å²) in [6.45, 7) is 4.76. The summed E-state index contributed by atoms with van der Waals surface area (Å²) >= 11 is 0. The predicted octanol–water partition coefficient (Wildman–Crippen LogP) is 3.48. The molecule has 2 aromatic rings. The lowest BCUT2D eigenvalue weighted by atomic mass is 10.2. The normalized spacial score (nSPS) is 10.6. The van der Waals surface area contributed by atoms with Crippen LogP contribution in [0.1, 0.15) is 30.8 Å². The van der Waals surface area contributed by atoms with E-state index in [0.29, 0.717) is 31.0 Å². The fraction of sp³-hybridized carbons (Fsp3) is 0.375. The van der Waals surface area contributed by atoms with Gasteiger partial charge in [0.2, 0.25) is 0 Å². The highest BCUT2D eigenvalue weighted by Gasteiger charge is 2.17. The number of ether oxygens (including phenoxy) is 1. The second kappa shape index (κ2) is 6.92. The molecule has 0 radical (unpaired) electrons. The van der Waals surface area contributed by atoms with Gasteiger partial charge < -0.3 is 14.1 Å². The number of ketones is 1. The van der Waals surface area contributed by atoms with E-state index in [0.717, 1.165) is 5.39 Å². The third-order valence-electron chi connectivity index (χ3n) is 3.22. The smallest absolute Gasteiger partial charge is 0.409 e. The molecule has 0 atom stereocenters. The Kier molecular flexibility index (Phi) is 4.98. The summed E-state index contributed by atoms with van der Waals surface area (Å²) in [5, 5.41) is 0.901. The van der Waals surface area contributed by atoms with Crippen LogP contribution in [-0.2, 0) is 4.74 Å². The van der Waals surface area contributed by atoms with Gasteiger partial charge in [-0.3, -0.25) is 4.79 Å². The van der Waals surface area contributed by atoms with Crippen LogP contribution in [0.4, 0.5) is 4.79 Å². The standard InChI is InChI=1S/C16H19NO4/c1-3-17(16(19)20-4-2)10-9-13(18)15-11-12-7-5-6-8-14(12)21-15/h5-8,11H,3-4,9-10H2,1-2H3. The molecule has 0 fully saturated rings. The van der Waals surface area contributed by atoms with Gasteiger partial charge in [-0.25, -0.2) is 4.79 Å². The van der Waals surface area contributed by atoms with Gasteiger partial charge in [-0.1, -0.05) is 18.2 Å². The molecule has 1 heterocycles. The zero-order chi connectivity index (χ0) is 15.2. The van der Waals surface area contributed by atoms with Gasteiger partial charge in [0, 0.05) is 24.9 Å². The van der Waals surface area contributed by atoms with E-state index in [9.17, 15) is 9.59 Å². The van der Waals surface area contributed by atoms with Crippen molar-refractivity contribution in [3.05, 3.63) is 36.1 Å². The molecule has 5 nitrogen and oxygen atoms in total. The number of hydrogen-bond donors (Lipinski definition) is 0. The van der Waals surface area contributed by atoms with Crippen molar-refractivity contribution >= 4 is 22.8 Å².